The third-order valence-corrected chi connectivity index (χ3v) is 3.48. The van der Waals surface area contributed by atoms with Gasteiger partial charge in [0.05, 0.1) is 11.2 Å². The largest absolute Gasteiger partial charge is 0.490 e. The van der Waals surface area contributed by atoms with E-state index in [1.54, 1.807) is 32.0 Å². The van der Waals surface area contributed by atoms with Crippen molar-refractivity contribution in [1.29, 1.82) is 0 Å². The lowest BCUT2D eigenvalue weighted by molar-refractivity contribution is 0.0280. The quantitative estimate of drug-likeness (QED) is 0.732. The van der Waals surface area contributed by atoms with Gasteiger partial charge < -0.3 is 15.2 Å². The van der Waals surface area contributed by atoms with E-state index in [0.29, 0.717) is 17.9 Å². The molecule has 0 bridgehead atoms. The maximum Gasteiger partial charge on any atom is 0.255 e. The number of amides is 1. The van der Waals surface area contributed by atoms with E-state index in [1.807, 2.05) is 24.3 Å². The molecule has 0 spiro atoms. The zero-order valence-electron chi connectivity index (χ0n) is 14.3. The maximum absolute atomic E-state index is 12.3. The number of carbonyl (C=O) groups is 1. The summed E-state index contributed by atoms with van der Waals surface area (Å²) in [7, 11) is 0. The third kappa shape index (κ3) is 6.05. The number of carbonyl (C=O) groups excluding carboxylic acids is 1. The fourth-order valence-corrected chi connectivity index (χ4v) is 2.27. The van der Waals surface area contributed by atoms with Gasteiger partial charge in [-0.25, -0.2) is 0 Å². The second-order valence-electron chi connectivity index (χ2n) is 6.44. The lowest BCUT2D eigenvalue weighted by atomic mass is 10.1. The predicted molar refractivity (Wildman–Crippen MR) is 95.3 cm³/mol. The van der Waals surface area contributed by atoms with Gasteiger partial charge in [-0.15, -0.1) is 0 Å². The van der Waals surface area contributed by atoms with Crippen LogP contribution in [-0.2, 0) is 6.42 Å². The van der Waals surface area contributed by atoms with Crippen LogP contribution < -0.4 is 10.1 Å². The van der Waals surface area contributed by atoms with E-state index in [2.05, 4.69) is 17.4 Å². The van der Waals surface area contributed by atoms with Crippen molar-refractivity contribution >= 4 is 5.91 Å². The smallest absolute Gasteiger partial charge is 0.255 e. The Bertz CT molecular complexity index is 647. The first-order chi connectivity index (χ1) is 11.5. The minimum Gasteiger partial charge on any atom is -0.490 e. The fraction of sp³-hybridized carbons (Fsp3) is 0.350. The van der Waals surface area contributed by atoms with Crippen LogP contribution in [0.4, 0.5) is 0 Å². The van der Waals surface area contributed by atoms with Gasteiger partial charge in [0.25, 0.3) is 5.91 Å². The number of ether oxygens (including phenoxy) is 1. The van der Waals surface area contributed by atoms with Crippen molar-refractivity contribution in [3.8, 4) is 5.75 Å². The molecule has 4 heteroatoms. The molecular weight excluding hydrogens is 302 g/mol. The number of rotatable bonds is 8. The van der Waals surface area contributed by atoms with Gasteiger partial charge in [-0.3, -0.25) is 4.79 Å². The summed E-state index contributed by atoms with van der Waals surface area (Å²) >= 11 is 0. The summed E-state index contributed by atoms with van der Waals surface area (Å²) in [6.45, 7) is 4.07. The second-order valence-corrected chi connectivity index (χ2v) is 6.44. The first-order valence-corrected chi connectivity index (χ1v) is 8.22. The highest BCUT2D eigenvalue weighted by Gasteiger charge is 2.17. The van der Waals surface area contributed by atoms with Gasteiger partial charge in [0, 0.05) is 6.54 Å². The average molecular weight is 327 g/mol. The van der Waals surface area contributed by atoms with Crippen LogP contribution in [0.2, 0.25) is 0 Å². The molecule has 0 atom stereocenters. The molecule has 1 amide bonds. The molecule has 2 aromatic carbocycles. The van der Waals surface area contributed by atoms with Crippen molar-refractivity contribution in [3.63, 3.8) is 0 Å². The summed E-state index contributed by atoms with van der Waals surface area (Å²) in [6.07, 6.45) is 1.81. The molecule has 0 fully saturated rings. The monoisotopic (exact) mass is 327 g/mol. The van der Waals surface area contributed by atoms with Gasteiger partial charge in [-0.05, 0) is 44.4 Å². The highest BCUT2D eigenvalue weighted by molar-refractivity contribution is 5.96. The molecule has 0 heterocycles. The van der Waals surface area contributed by atoms with Crippen molar-refractivity contribution in [2.24, 2.45) is 0 Å². The van der Waals surface area contributed by atoms with Crippen LogP contribution in [0.3, 0.4) is 0 Å². The Morgan fingerprint density at radius 1 is 1.08 bits per heavy atom. The molecule has 0 aliphatic rings. The summed E-state index contributed by atoms with van der Waals surface area (Å²) in [5.41, 5.74) is 0.807. The highest BCUT2D eigenvalue weighted by Crippen LogP contribution is 2.19. The predicted octanol–water partition coefficient (Wildman–Crippen LogP) is 3.20. The fourth-order valence-electron chi connectivity index (χ4n) is 2.27. The summed E-state index contributed by atoms with van der Waals surface area (Å²) in [5, 5.41) is 12.7. The molecule has 0 aromatic heterocycles. The number of aliphatic hydroxyl groups is 1. The second kappa shape index (κ2) is 8.50. The molecule has 2 rings (SSSR count). The lowest BCUT2D eigenvalue weighted by Gasteiger charge is -2.19. The van der Waals surface area contributed by atoms with Crippen molar-refractivity contribution < 1.29 is 14.6 Å². The number of nitrogens with one attached hydrogen (secondary N) is 1. The van der Waals surface area contributed by atoms with Gasteiger partial charge >= 0.3 is 0 Å². The van der Waals surface area contributed by atoms with Gasteiger partial charge in [-0.2, -0.15) is 0 Å². The number of benzene rings is 2. The van der Waals surface area contributed by atoms with E-state index < -0.39 is 5.60 Å². The topological polar surface area (TPSA) is 58.6 Å². The molecule has 0 saturated heterocycles. The summed E-state index contributed by atoms with van der Waals surface area (Å²) in [6, 6.07) is 17.3. The van der Waals surface area contributed by atoms with Crippen molar-refractivity contribution in [1.82, 2.24) is 5.32 Å². The van der Waals surface area contributed by atoms with Crippen LogP contribution in [-0.4, -0.2) is 29.8 Å². The first-order valence-electron chi connectivity index (χ1n) is 8.22. The number of hydrogen-bond donors (Lipinski definition) is 2. The molecule has 128 valence electrons. The standard InChI is InChI=1S/C20H25NO3/c1-20(2,23)15-24-18-13-7-6-12-17(18)19(22)21-14-8-11-16-9-4-3-5-10-16/h3-7,9-10,12-13,23H,8,11,14-15H2,1-2H3,(H,21,22). The van der Waals surface area contributed by atoms with Crippen LogP contribution in [0.1, 0.15) is 36.2 Å². The zero-order chi connectivity index (χ0) is 17.4. The Balaban J connectivity index is 1.85. The van der Waals surface area contributed by atoms with Crippen LogP contribution in [0.15, 0.2) is 54.6 Å². The maximum atomic E-state index is 12.3. The van der Waals surface area contributed by atoms with Gasteiger partial charge in [-0.1, -0.05) is 42.5 Å². The molecule has 24 heavy (non-hydrogen) atoms. The number of hydrogen-bond acceptors (Lipinski definition) is 3. The summed E-state index contributed by atoms with van der Waals surface area (Å²) in [5.74, 6) is 0.328. The molecule has 0 saturated carbocycles. The Morgan fingerprint density at radius 2 is 1.75 bits per heavy atom. The molecule has 0 unspecified atom stereocenters. The van der Waals surface area contributed by atoms with E-state index >= 15 is 0 Å². The number of para-hydroxylation sites is 1. The van der Waals surface area contributed by atoms with Crippen molar-refractivity contribution in [3.05, 3.63) is 65.7 Å². The van der Waals surface area contributed by atoms with E-state index in [4.69, 9.17) is 4.74 Å². The molecule has 0 aliphatic heterocycles. The SMILES string of the molecule is CC(C)(O)COc1ccccc1C(=O)NCCCc1ccccc1. The Kier molecular flexibility index (Phi) is 6.38. The van der Waals surface area contributed by atoms with Crippen LogP contribution in [0, 0.1) is 0 Å². The van der Waals surface area contributed by atoms with Crippen LogP contribution in [0.5, 0.6) is 5.75 Å². The third-order valence-electron chi connectivity index (χ3n) is 3.48. The van der Waals surface area contributed by atoms with E-state index in [-0.39, 0.29) is 12.5 Å². The zero-order valence-corrected chi connectivity index (χ0v) is 14.3. The molecule has 2 N–H and O–H groups in total. The molecule has 0 radical (unpaired) electrons. The summed E-state index contributed by atoms with van der Waals surface area (Å²) < 4.78 is 5.59. The normalized spacial score (nSPS) is 11.1. The average Bonchev–Trinajstić information content (AvgIpc) is 2.57. The van der Waals surface area contributed by atoms with Crippen LogP contribution in [0.25, 0.3) is 0 Å². The highest BCUT2D eigenvalue weighted by atomic mass is 16.5. The Hall–Kier alpha value is -2.33. The van der Waals surface area contributed by atoms with Crippen molar-refractivity contribution in [2.75, 3.05) is 13.2 Å². The lowest BCUT2D eigenvalue weighted by Crippen LogP contribution is -2.29. The van der Waals surface area contributed by atoms with Gasteiger partial charge in [0.2, 0.25) is 0 Å². The van der Waals surface area contributed by atoms with Crippen molar-refractivity contribution in [2.45, 2.75) is 32.3 Å². The Labute approximate surface area is 143 Å². The van der Waals surface area contributed by atoms with E-state index in [1.165, 1.54) is 5.56 Å². The van der Waals surface area contributed by atoms with Gasteiger partial charge in [0.1, 0.15) is 12.4 Å². The minimum absolute atomic E-state index is 0.130. The van der Waals surface area contributed by atoms with Gasteiger partial charge in [0.15, 0.2) is 0 Å². The minimum atomic E-state index is -0.945. The Morgan fingerprint density at radius 3 is 2.46 bits per heavy atom. The summed E-state index contributed by atoms with van der Waals surface area (Å²) in [4.78, 5) is 12.3. The van der Waals surface area contributed by atoms with E-state index in [9.17, 15) is 9.90 Å². The van der Waals surface area contributed by atoms with E-state index in [0.717, 1.165) is 12.8 Å². The first kappa shape index (κ1) is 18.0. The number of aryl methyl sites for hydroxylation is 1. The van der Waals surface area contributed by atoms with Crippen LogP contribution >= 0.6 is 0 Å². The molecule has 4 nitrogen and oxygen atoms in total. The molecule has 2 aromatic rings. The molecule has 0 aliphatic carbocycles. The molecular formula is C20H25NO3.